The topological polar surface area (TPSA) is 164 Å². The van der Waals surface area contributed by atoms with Crippen LogP contribution >= 0.6 is 0 Å². The van der Waals surface area contributed by atoms with Crippen molar-refractivity contribution in [1.82, 2.24) is 15.0 Å². The van der Waals surface area contributed by atoms with E-state index in [1.54, 1.807) is 19.9 Å². The molecule has 1 saturated carbocycles. The zero-order valence-electron chi connectivity index (χ0n) is 26.5. The second kappa shape index (κ2) is 14.3. The van der Waals surface area contributed by atoms with Crippen LogP contribution < -0.4 is 16.4 Å². The predicted octanol–water partition coefficient (Wildman–Crippen LogP) is 4.92. The van der Waals surface area contributed by atoms with E-state index in [0.717, 1.165) is 6.07 Å². The molecule has 1 aliphatic heterocycles. The number of aromatic nitrogens is 3. The van der Waals surface area contributed by atoms with Gasteiger partial charge < -0.3 is 21.2 Å². The zero-order chi connectivity index (χ0) is 34.6. The van der Waals surface area contributed by atoms with Gasteiger partial charge >= 0.3 is 6.18 Å². The number of aryl methyl sites for hydroxylation is 2. The number of alkyl halides is 3. The van der Waals surface area contributed by atoms with Gasteiger partial charge in [-0.05, 0) is 83.3 Å². The Morgan fingerprint density at radius 2 is 1.79 bits per heavy atom. The summed E-state index contributed by atoms with van der Waals surface area (Å²) in [5.41, 5.74) is 12.5. The summed E-state index contributed by atoms with van der Waals surface area (Å²) in [5, 5.41) is 9.83. The molecule has 3 heterocycles. The van der Waals surface area contributed by atoms with Gasteiger partial charge in [0.25, 0.3) is 5.91 Å². The SMILES string of the molecule is CN.Cc1nc(CC=O)nc(C)c1-c1cc(F)c(C#N)c(N2CCC(C(=O)N=C(N)c3ccc(C(F)(F)F)nc3C3CC3)CC2C)c1. The molecule has 0 spiro atoms. The van der Waals surface area contributed by atoms with E-state index >= 15 is 4.39 Å². The number of amides is 1. The van der Waals surface area contributed by atoms with Crippen LogP contribution in [-0.4, -0.2) is 52.6 Å². The van der Waals surface area contributed by atoms with E-state index in [-0.39, 0.29) is 41.0 Å². The first-order chi connectivity index (χ1) is 22.3. The highest BCUT2D eigenvalue weighted by Gasteiger charge is 2.37. The van der Waals surface area contributed by atoms with Crippen LogP contribution in [-0.2, 0) is 22.2 Å². The lowest BCUT2D eigenvalue weighted by molar-refractivity contribution is -0.141. The van der Waals surface area contributed by atoms with Crippen LogP contribution in [0, 0.1) is 36.9 Å². The minimum absolute atomic E-state index is 0.0543. The lowest BCUT2D eigenvalue weighted by Gasteiger charge is -2.39. The molecule has 47 heavy (non-hydrogen) atoms. The normalized spacial score (nSPS) is 18.2. The van der Waals surface area contributed by atoms with Gasteiger partial charge in [-0.15, -0.1) is 0 Å². The fourth-order valence-corrected chi connectivity index (χ4v) is 5.98. The number of rotatable bonds is 7. The Bertz CT molecular complexity index is 1720. The van der Waals surface area contributed by atoms with Gasteiger partial charge in [0.1, 0.15) is 41.1 Å². The molecule has 248 valence electrons. The van der Waals surface area contributed by atoms with Crippen LogP contribution in [0.25, 0.3) is 11.1 Å². The highest BCUT2D eigenvalue weighted by Crippen LogP contribution is 2.42. The molecule has 2 aliphatic rings. The molecule has 2 atom stereocenters. The standard InChI is InChI=1S/C32H31F4N7O2.CH5N/c1-16-12-20(31(45)42-30(38)22-6-7-26(32(34,35)36)41-29(22)19-4-5-19)8-10-43(16)25-14-21(13-24(33)23(25)15-37)28-17(2)39-27(9-11-44)40-18(28)3;1-2/h6-7,11,13-14,16,19-20H,4-5,8-10,12H2,1-3H3,(H2,38,42,45);2H2,1H3. The maximum absolute atomic E-state index is 15.3. The number of carbonyl (C=O) groups excluding carboxylic acids is 2. The molecule has 1 saturated heterocycles. The maximum atomic E-state index is 15.3. The second-order valence-corrected chi connectivity index (χ2v) is 11.5. The molecule has 2 unspecified atom stereocenters. The number of hydrogen-bond acceptors (Lipinski definition) is 8. The third-order valence-corrected chi connectivity index (χ3v) is 8.27. The average molecular weight is 653 g/mol. The Morgan fingerprint density at radius 3 is 2.34 bits per heavy atom. The Hall–Kier alpha value is -4.77. The van der Waals surface area contributed by atoms with Crippen LogP contribution in [0.1, 0.15) is 78.3 Å². The van der Waals surface area contributed by atoms with Crippen LogP contribution in [0.15, 0.2) is 29.3 Å². The van der Waals surface area contributed by atoms with E-state index in [4.69, 9.17) is 5.73 Å². The third-order valence-electron chi connectivity index (χ3n) is 8.27. The van der Waals surface area contributed by atoms with Crippen LogP contribution in [0.2, 0.25) is 0 Å². The van der Waals surface area contributed by atoms with Gasteiger partial charge in [-0.3, -0.25) is 4.79 Å². The molecule has 14 heteroatoms. The fraction of sp³-hybridized carbons (Fsp3) is 0.424. The molecule has 2 fully saturated rings. The van der Waals surface area contributed by atoms with Crippen molar-refractivity contribution in [3.63, 3.8) is 0 Å². The van der Waals surface area contributed by atoms with E-state index in [9.17, 15) is 28.0 Å². The molecular formula is C33H36F4N8O2. The van der Waals surface area contributed by atoms with Crippen molar-refractivity contribution in [2.24, 2.45) is 22.4 Å². The van der Waals surface area contributed by atoms with E-state index in [1.807, 2.05) is 17.9 Å². The molecule has 10 nitrogen and oxygen atoms in total. The monoisotopic (exact) mass is 652 g/mol. The van der Waals surface area contributed by atoms with Gasteiger partial charge in [0.2, 0.25) is 0 Å². The van der Waals surface area contributed by atoms with Gasteiger partial charge in [0.05, 0.1) is 17.8 Å². The first-order valence-electron chi connectivity index (χ1n) is 15.1. The number of piperidine rings is 1. The second-order valence-electron chi connectivity index (χ2n) is 11.5. The highest BCUT2D eigenvalue weighted by molar-refractivity contribution is 6.05. The van der Waals surface area contributed by atoms with E-state index in [0.29, 0.717) is 72.5 Å². The Kier molecular flexibility index (Phi) is 10.7. The smallest absolute Gasteiger partial charge is 0.383 e. The number of anilines is 1. The number of pyridine rings is 1. The van der Waals surface area contributed by atoms with Crippen LogP contribution in [0.4, 0.5) is 23.2 Å². The third kappa shape index (κ3) is 7.62. The van der Waals surface area contributed by atoms with Crippen molar-refractivity contribution in [2.75, 3.05) is 18.5 Å². The van der Waals surface area contributed by atoms with Crippen molar-refractivity contribution < 1.29 is 27.2 Å². The van der Waals surface area contributed by atoms with Crippen molar-refractivity contribution in [3.05, 3.63) is 69.8 Å². The van der Waals surface area contributed by atoms with E-state index < -0.39 is 29.5 Å². The summed E-state index contributed by atoms with van der Waals surface area (Å²) in [6.45, 7) is 5.66. The maximum Gasteiger partial charge on any atom is 0.433 e. The fourth-order valence-electron chi connectivity index (χ4n) is 5.98. The number of nitrogens with two attached hydrogens (primary N) is 2. The van der Waals surface area contributed by atoms with Crippen molar-refractivity contribution in [3.8, 4) is 17.2 Å². The quantitative estimate of drug-likeness (QED) is 0.156. The molecule has 5 rings (SSSR count). The Balaban J connectivity index is 0.00000245. The summed E-state index contributed by atoms with van der Waals surface area (Å²) in [7, 11) is 1.50. The molecule has 1 amide bonds. The number of benzene rings is 1. The number of halogens is 4. The van der Waals surface area contributed by atoms with Crippen LogP contribution in [0.5, 0.6) is 0 Å². The van der Waals surface area contributed by atoms with Gasteiger partial charge in [-0.25, -0.2) is 19.3 Å². The summed E-state index contributed by atoms with van der Waals surface area (Å²) < 4.78 is 55.1. The Morgan fingerprint density at radius 1 is 1.13 bits per heavy atom. The molecule has 2 aromatic heterocycles. The summed E-state index contributed by atoms with van der Waals surface area (Å²) >= 11 is 0. The number of amidine groups is 1. The summed E-state index contributed by atoms with van der Waals surface area (Å²) in [4.78, 5) is 42.7. The summed E-state index contributed by atoms with van der Waals surface area (Å²) in [5.74, 6) is -1.72. The van der Waals surface area contributed by atoms with Gasteiger partial charge in [0.15, 0.2) is 0 Å². The van der Waals surface area contributed by atoms with Crippen molar-refractivity contribution >= 4 is 23.7 Å². The number of nitrogens with zero attached hydrogens (tertiary/aromatic N) is 6. The minimum Gasteiger partial charge on any atom is -0.383 e. The first kappa shape index (κ1) is 35.1. The summed E-state index contributed by atoms with van der Waals surface area (Å²) in [6.07, 6.45) is -1.81. The number of carbonyl (C=O) groups is 2. The van der Waals surface area contributed by atoms with Gasteiger partial charge in [0, 0.05) is 46.9 Å². The van der Waals surface area contributed by atoms with Gasteiger partial charge in [-0.2, -0.15) is 23.4 Å². The molecule has 1 aliphatic carbocycles. The molecule has 3 aromatic rings. The lowest BCUT2D eigenvalue weighted by atomic mass is 9.89. The zero-order valence-corrected chi connectivity index (χ0v) is 26.5. The van der Waals surface area contributed by atoms with Crippen LogP contribution in [0.3, 0.4) is 0 Å². The average Bonchev–Trinajstić information content (AvgIpc) is 3.86. The number of aldehydes is 1. The lowest BCUT2D eigenvalue weighted by Crippen LogP contribution is -2.43. The number of aliphatic imine (C=N–C) groups is 1. The summed E-state index contributed by atoms with van der Waals surface area (Å²) in [6, 6.07) is 6.70. The highest BCUT2D eigenvalue weighted by atomic mass is 19.4. The molecular weight excluding hydrogens is 616 g/mol. The molecule has 1 aromatic carbocycles. The van der Waals surface area contributed by atoms with Gasteiger partial charge in [-0.1, -0.05) is 0 Å². The number of nitriles is 1. The van der Waals surface area contributed by atoms with Crippen molar-refractivity contribution in [2.45, 2.75) is 71.0 Å². The minimum atomic E-state index is -4.60. The predicted molar refractivity (Wildman–Crippen MR) is 168 cm³/mol. The van der Waals surface area contributed by atoms with E-state index in [1.165, 1.54) is 19.2 Å². The first-order valence-corrected chi connectivity index (χ1v) is 15.1. The van der Waals surface area contributed by atoms with Crippen molar-refractivity contribution in [1.29, 1.82) is 5.26 Å². The van der Waals surface area contributed by atoms with E-state index in [2.05, 4.69) is 25.7 Å². The number of hydrogen-bond donors (Lipinski definition) is 2. The Labute approximate surface area is 269 Å². The largest absolute Gasteiger partial charge is 0.433 e. The molecule has 0 bridgehead atoms. The molecule has 4 N–H and O–H groups in total. The molecule has 0 radical (unpaired) electrons.